The van der Waals surface area contributed by atoms with Crippen LogP contribution < -0.4 is 10.0 Å². The Balaban J connectivity index is 2.51. The molecule has 1 rings (SSSR count). The van der Waals surface area contributed by atoms with E-state index in [1.807, 2.05) is 18.4 Å². The minimum Gasteiger partial charge on any atom is -0.352 e. The van der Waals surface area contributed by atoms with Crippen LogP contribution in [0.4, 0.5) is 0 Å². The van der Waals surface area contributed by atoms with E-state index in [0.29, 0.717) is 13.0 Å². The van der Waals surface area contributed by atoms with Crippen LogP contribution in [0.5, 0.6) is 0 Å². The zero-order valence-corrected chi connectivity index (χ0v) is 14.9. The molecule has 1 aromatic carbocycles. The molecule has 0 saturated heterocycles. The number of hydrogen-bond donors (Lipinski definition) is 2. The summed E-state index contributed by atoms with van der Waals surface area (Å²) in [5, 5.41) is 2.84. The summed E-state index contributed by atoms with van der Waals surface area (Å²) in [4.78, 5) is 11.5. The second-order valence-electron chi connectivity index (χ2n) is 5.37. The van der Waals surface area contributed by atoms with Gasteiger partial charge in [0.2, 0.25) is 15.9 Å². The number of hydrogen-bond acceptors (Lipinski definition) is 4. The third-order valence-corrected chi connectivity index (χ3v) is 4.97. The Morgan fingerprint density at radius 2 is 1.77 bits per heavy atom. The van der Waals surface area contributed by atoms with Crippen molar-refractivity contribution in [3.8, 4) is 0 Å². The third kappa shape index (κ3) is 7.82. The molecule has 2 N–H and O–H groups in total. The molecule has 0 aliphatic heterocycles. The number of rotatable bonds is 9. The third-order valence-electron chi connectivity index (χ3n) is 2.82. The van der Waals surface area contributed by atoms with Crippen LogP contribution in [0, 0.1) is 0 Å². The van der Waals surface area contributed by atoms with Crippen LogP contribution in [0.25, 0.3) is 0 Å². The van der Waals surface area contributed by atoms with Crippen molar-refractivity contribution in [1.29, 1.82) is 0 Å². The highest BCUT2D eigenvalue weighted by atomic mass is 32.2. The number of nitrogens with one attached hydrogen (secondary N) is 2. The Kier molecular flexibility index (Phi) is 7.92. The predicted molar refractivity (Wildman–Crippen MR) is 92.2 cm³/mol. The summed E-state index contributed by atoms with van der Waals surface area (Å²) in [5.41, 5.74) is 1.68. The lowest BCUT2D eigenvalue weighted by atomic mass is 10.1. The first-order valence-electron chi connectivity index (χ1n) is 7.16. The van der Waals surface area contributed by atoms with Gasteiger partial charge in [-0.1, -0.05) is 24.3 Å². The monoisotopic (exact) mass is 344 g/mol. The average molecular weight is 345 g/mol. The van der Waals surface area contributed by atoms with Gasteiger partial charge in [-0.2, -0.15) is 11.8 Å². The molecule has 0 heterocycles. The van der Waals surface area contributed by atoms with Crippen LogP contribution >= 0.6 is 11.8 Å². The van der Waals surface area contributed by atoms with Gasteiger partial charge in [-0.25, -0.2) is 13.1 Å². The number of sulfonamides is 1. The quantitative estimate of drug-likeness (QED) is 0.717. The van der Waals surface area contributed by atoms with Crippen molar-refractivity contribution in [3.05, 3.63) is 35.4 Å². The number of carbonyl (C=O) groups is 1. The molecule has 7 heteroatoms. The molecule has 1 amide bonds. The largest absolute Gasteiger partial charge is 0.352 e. The lowest BCUT2D eigenvalue weighted by Crippen LogP contribution is -2.31. The van der Waals surface area contributed by atoms with Gasteiger partial charge in [0, 0.05) is 24.8 Å². The second-order valence-corrected chi connectivity index (χ2v) is 8.11. The van der Waals surface area contributed by atoms with E-state index in [9.17, 15) is 13.2 Å². The Morgan fingerprint density at radius 3 is 2.32 bits per heavy atom. The van der Waals surface area contributed by atoms with E-state index in [0.717, 1.165) is 16.9 Å². The highest BCUT2D eigenvalue weighted by molar-refractivity contribution is 7.98. The van der Waals surface area contributed by atoms with Gasteiger partial charge in [-0.05, 0) is 31.2 Å². The molecule has 0 radical (unpaired) electrons. The molecular formula is C15H24N2O3S2. The fourth-order valence-corrected chi connectivity index (χ4v) is 3.68. The molecule has 22 heavy (non-hydrogen) atoms. The smallest absolute Gasteiger partial charge is 0.221 e. The van der Waals surface area contributed by atoms with Crippen LogP contribution in [0.15, 0.2) is 24.3 Å². The van der Waals surface area contributed by atoms with E-state index in [1.54, 1.807) is 37.7 Å². The van der Waals surface area contributed by atoms with Gasteiger partial charge < -0.3 is 5.32 Å². The minimum atomic E-state index is -3.30. The Labute approximate surface area is 137 Å². The lowest BCUT2D eigenvalue weighted by Gasteiger charge is -2.10. The maximum absolute atomic E-state index is 11.8. The molecule has 5 nitrogen and oxygen atoms in total. The van der Waals surface area contributed by atoms with E-state index >= 15 is 0 Å². The van der Waals surface area contributed by atoms with Crippen molar-refractivity contribution in [1.82, 2.24) is 10.0 Å². The van der Waals surface area contributed by atoms with Gasteiger partial charge in [0.15, 0.2) is 0 Å². The summed E-state index contributed by atoms with van der Waals surface area (Å²) in [7, 11) is -3.30. The van der Waals surface area contributed by atoms with E-state index in [2.05, 4.69) is 10.0 Å². The van der Waals surface area contributed by atoms with Crippen LogP contribution in [0.1, 0.15) is 31.4 Å². The Morgan fingerprint density at radius 1 is 1.18 bits per heavy atom. The van der Waals surface area contributed by atoms with Crippen molar-refractivity contribution in [2.24, 2.45) is 0 Å². The number of carbonyl (C=O) groups excluding carboxylic acids is 1. The Bertz CT molecular complexity index is 569. The molecule has 0 unspecified atom stereocenters. The minimum absolute atomic E-state index is 0.0298. The van der Waals surface area contributed by atoms with Gasteiger partial charge in [-0.3, -0.25) is 4.79 Å². The summed E-state index contributed by atoms with van der Waals surface area (Å²) in [6, 6.07) is 7.14. The number of thioether (sulfide) groups is 1. The first-order valence-corrected chi connectivity index (χ1v) is 10.2. The molecule has 0 aliphatic carbocycles. The summed E-state index contributed by atoms with van der Waals surface area (Å²) in [6.45, 7) is 4.05. The first kappa shape index (κ1) is 19.0. The summed E-state index contributed by atoms with van der Waals surface area (Å²) >= 11 is 1.64. The van der Waals surface area contributed by atoms with Crippen LogP contribution in [-0.2, 0) is 27.1 Å². The normalized spacial score (nSPS) is 11.6. The van der Waals surface area contributed by atoms with Crippen molar-refractivity contribution in [2.45, 2.75) is 38.6 Å². The van der Waals surface area contributed by atoms with Crippen molar-refractivity contribution >= 4 is 27.7 Å². The van der Waals surface area contributed by atoms with E-state index < -0.39 is 10.0 Å². The molecule has 0 spiro atoms. The molecular weight excluding hydrogens is 320 g/mol. The summed E-state index contributed by atoms with van der Waals surface area (Å²) < 4.78 is 26.2. The van der Waals surface area contributed by atoms with E-state index in [-0.39, 0.29) is 17.7 Å². The average Bonchev–Trinajstić information content (AvgIpc) is 2.42. The topological polar surface area (TPSA) is 75.3 Å². The molecule has 0 aliphatic rings. The fraction of sp³-hybridized carbons (Fsp3) is 0.533. The number of benzene rings is 1. The molecule has 0 saturated carbocycles. The molecule has 1 aromatic rings. The van der Waals surface area contributed by atoms with Crippen LogP contribution in [0.2, 0.25) is 0 Å². The van der Waals surface area contributed by atoms with Crippen molar-refractivity contribution in [3.63, 3.8) is 0 Å². The highest BCUT2D eigenvalue weighted by Gasteiger charge is 2.12. The SMILES string of the molecule is CSCCC(=O)NCc1ccc(CS(=O)(=O)NC(C)C)cc1. The first-order chi connectivity index (χ1) is 10.3. The fourth-order valence-electron chi connectivity index (χ4n) is 1.86. The lowest BCUT2D eigenvalue weighted by molar-refractivity contribution is -0.120. The van der Waals surface area contributed by atoms with Gasteiger partial charge in [0.05, 0.1) is 5.75 Å². The predicted octanol–water partition coefficient (Wildman–Crippen LogP) is 1.88. The molecule has 0 atom stereocenters. The second kappa shape index (κ2) is 9.17. The zero-order valence-electron chi connectivity index (χ0n) is 13.3. The zero-order chi connectivity index (χ0) is 16.6. The highest BCUT2D eigenvalue weighted by Crippen LogP contribution is 2.08. The van der Waals surface area contributed by atoms with Crippen LogP contribution in [0.3, 0.4) is 0 Å². The molecule has 0 bridgehead atoms. The maximum Gasteiger partial charge on any atom is 0.221 e. The van der Waals surface area contributed by atoms with Crippen molar-refractivity contribution in [2.75, 3.05) is 12.0 Å². The van der Waals surface area contributed by atoms with Gasteiger partial charge in [0.1, 0.15) is 0 Å². The molecule has 0 aromatic heterocycles. The van der Waals surface area contributed by atoms with Gasteiger partial charge in [0.25, 0.3) is 0 Å². The van der Waals surface area contributed by atoms with Crippen molar-refractivity contribution < 1.29 is 13.2 Å². The van der Waals surface area contributed by atoms with Gasteiger partial charge >= 0.3 is 0 Å². The molecule has 124 valence electrons. The van der Waals surface area contributed by atoms with E-state index in [1.165, 1.54) is 0 Å². The Hall–Kier alpha value is -1.05. The summed E-state index contributed by atoms with van der Waals surface area (Å²) in [6.07, 6.45) is 2.48. The van der Waals surface area contributed by atoms with Crippen LogP contribution in [-0.4, -0.2) is 32.4 Å². The van der Waals surface area contributed by atoms with E-state index in [4.69, 9.17) is 0 Å². The standard InChI is InChI=1S/C15H24N2O3S2/c1-12(2)17-22(19,20)11-14-6-4-13(5-7-14)10-16-15(18)8-9-21-3/h4-7,12,17H,8-11H2,1-3H3,(H,16,18). The maximum atomic E-state index is 11.8. The van der Waals surface area contributed by atoms with Gasteiger partial charge in [-0.15, -0.1) is 0 Å². The summed E-state index contributed by atoms with van der Waals surface area (Å²) in [5.74, 6) is 0.805. The molecule has 0 fully saturated rings. The number of amides is 1.